The minimum atomic E-state index is -3.24. The summed E-state index contributed by atoms with van der Waals surface area (Å²) in [7, 11) is -3.24. The first kappa shape index (κ1) is 16.4. The molecule has 1 aromatic carbocycles. The van der Waals surface area contributed by atoms with Gasteiger partial charge >= 0.3 is 0 Å². The third-order valence-electron chi connectivity index (χ3n) is 3.37. The number of halogens is 2. The number of hydrogen-bond acceptors (Lipinski definition) is 3. The Morgan fingerprint density at radius 3 is 2.57 bits per heavy atom. The summed E-state index contributed by atoms with van der Waals surface area (Å²) in [5.74, 6) is -0.644. The number of carbonyl (C=O) groups is 1. The molecule has 116 valence electrons. The molecule has 1 amide bonds. The van der Waals surface area contributed by atoms with Crippen LogP contribution < -0.4 is 0 Å². The zero-order valence-corrected chi connectivity index (χ0v) is 14.0. The van der Waals surface area contributed by atoms with E-state index in [1.54, 1.807) is 4.90 Å². The third-order valence-corrected chi connectivity index (χ3v) is 5.33. The molecule has 21 heavy (non-hydrogen) atoms. The van der Waals surface area contributed by atoms with Crippen LogP contribution in [0.25, 0.3) is 0 Å². The van der Waals surface area contributed by atoms with E-state index in [0.717, 1.165) is 0 Å². The number of rotatable bonds is 2. The Balaban J connectivity index is 2.13. The molecule has 5 nitrogen and oxygen atoms in total. The van der Waals surface area contributed by atoms with Crippen LogP contribution in [0.2, 0.25) is 0 Å². The van der Waals surface area contributed by atoms with E-state index < -0.39 is 15.8 Å². The normalized spacial score (nSPS) is 17.6. The Bertz CT molecular complexity index is 651. The molecule has 1 fully saturated rings. The average Bonchev–Trinajstić information content (AvgIpc) is 2.63. The van der Waals surface area contributed by atoms with Crippen LogP contribution in [0, 0.1) is 5.82 Å². The van der Waals surface area contributed by atoms with Crippen LogP contribution in [-0.4, -0.2) is 56.0 Å². The van der Waals surface area contributed by atoms with E-state index in [9.17, 15) is 17.6 Å². The number of carbonyl (C=O) groups excluding carboxylic acids is 1. The molecule has 0 N–H and O–H groups in total. The van der Waals surface area contributed by atoms with Crippen molar-refractivity contribution >= 4 is 31.9 Å². The van der Waals surface area contributed by atoms with Gasteiger partial charge in [-0.2, -0.15) is 0 Å². The summed E-state index contributed by atoms with van der Waals surface area (Å²) in [6.45, 7) is 1.50. The molecular formula is C13H16BrFN2O3S. The quantitative estimate of drug-likeness (QED) is 0.786. The highest BCUT2D eigenvalue weighted by molar-refractivity contribution is 9.10. The van der Waals surface area contributed by atoms with E-state index in [1.165, 1.54) is 28.8 Å². The van der Waals surface area contributed by atoms with Gasteiger partial charge in [0.1, 0.15) is 5.82 Å². The summed E-state index contributed by atoms with van der Waals surface area (Å²) in [6, 6.07) is 3.91. The van der Waals surface area contributed by atoms with Crippen LogP contribution in [0.4, 0.5) is 4.39 Å². The van der Waals surface area contributed by atoms with E-state index >= 15 is 0 Å². The maximum Gasteiger partial charge on any atom is 0.255 e. The second kappa shape index (κ2) is 6.41. The first-order valence-corrected chi connectivity index (χ1v) is 9.12. The molecule has 0 spiro atoms. The maximum absolute atomic E-state index is 13.1. The number of amides is 1. The lowest BCUT2D eigenvalue weighted by Crippen LogP contribution is -2.37. The molecular weight excluding hydrogens is 363 g/mol. The van der Waals surface area contributed by atoms with Gasteiger partial charge in [0.25, 0.3) is 5.91 Å². The molecule has 1 aliphatic rings. The van der Waals surface area contributed by atoms with Gasteiger partial charge in [0, 0.05) is 30.7 Å². The highest BCUT2D eigenvalue weighted by atomic mass is 79.9. The molecule has 0 atom stereocenters. The van der Waals surface area contributed by atoms with Gasteiger partial charge in [-0.3, -0.25) is 4.79 Å². The summed E-state index contributed by atoms with van der Waals surface area (Å²) >= 11 is 3.18. The van der Waals surface area contributed by atoms with Crippen LogP contribution in [-0.2, 0) is 10.0 Å². The fourth-order valence-corrected chi connectivity index (χ4v) is 3.66. The Labute approximate surface area is 131 Å². The van der Waals surface area contributed by atoms with Crippen LogP contribution in [0.15, 0.2) is 22.7 Å². The molecule has 0 radical (unpaired) electrons. The molecule has 0 saturated carbocycles. The van der Waals surface area contributed by atoms with Gasteiger partial charge in [0.2, 0.25) is 10.0 Å². The molecule has 2 rings (SSSR count). The topological polar surface area (TPSA) is 57.7 Å². The summed E-state index contributed by atoms with van der Waals surface area (Å²) in [6.07, 6.45) is 1.75. The Morgan fingerprint density at radius 1 is 1.24 bits per heavy atom. The van der Waals surface area contributed by atoms with E-state index in [2.05, 4.69) is 15.9 Å². The van der Waals surface area contributed by atoms with E-state index in [-0.39, 0.29) is 12.5 Å². The van der Waals surface area contributed by atoms with Crippen LogP contribution >= 0.6 is 15.9 Å². The number of nitrogens with zero attached hydrogens (tertiary/aromatic N) is 2. The molecule has 8 heteroatoms. The van der Waals surface area contributed by atoms with Crippen molar-refractivity contribution in [3.63, 3.8) is 0 Å². The van der Waals surface area contributed by atoms with Gasteiger partial charge in [0.15, 0.2) is 0 Å². The lowest BCUT2D eigenvalue weighted by atomic mass is 10.2. The van der Waals surface area contributed by atoms with Crippen LogP contribution in [0.3, 0.4) is 0 Å². The lowest BCUT2D eigenvalue weighted by molar-refractivity contribution is 0.0763. The first-order chi connectivity index (χ1) is 9.79. The largest absolute Gasteiger partial charge is 0.337 e. The minimum absolute atomic E-state index is 0.225. The van der Waals surface area contributed by atoms with Crippen molar-refractivity contribution in [2.24, 2.45) is 0 Å². The highest BCUT2D eigenvalue weighted by Crippen LogP contribution is 2.20. The summed E-state index contributed by atoms with van der Waals surface area (Å²) in [4.78, 5) is 14.0. The predicted molar refractivity (Wildman–Crippen MR) is 81.0 cm³/mol. The zero-order chi connectivity index (χ0) is 15.6. The minimum Gasteiger partial charge on any atom is -0.337 e. The second-order valence-corrected chi connectivity index (χ2v) is 7.77. The van der Waals surface area contributed by atoms with Crippen molar-refractivity contribution in [3.05, 3.63) is 34.1 Å². The SMILES string of the molecule is CS(=O)(=O)N1CCCN(C(=O)c2ccc(F)cc2Br)CC1. The molecule has 1 heterocycles. The van der Waals surface area contributed by atoms with Crippen molar-refractivity contribution < 1.29 is 17.6 Å². The van der Waals surface area contributed by atoms with E-state index in [0.29, 0.717) is 36.1 Å². The monoisotopic (exact) mass is 378 g/mol. The summed E-state index contributed by atoms with van der Waals surface area (Å²) in [5.41, 5.74) is 0.379. The van der Waals surface area contributed by atoms with Gasteiger partial charge < -0.3 is 4.90 Å². The van der Waals surface area contributed by atoms with Crippen molar-refractivity contribution in [2.45, 2.75) is 6.42 Å². The number of sulfonamides is 1. The highest BCUT2D eigenvalue weighted by Gasteiger charge is 2.25. The van der Waals surface area contributed by atoms with Gasteiger partial charge in [-0.05, 0) is 40.5 Å². The van der Waals surface area contributed by atoms with Gasteiger partial charge in [-0.15, -0.1) is 0 Å². The van der Waals surface area contributed by atoms with Crippen LogP contribution in [0.5, 0.6) is 0 Å². The summed E-state index contributed by atoms with van der Waals surface area (Å²) < 4.78 is 37.9. The first-order valence-electron chi connectivity index (χ1n) is 6.48. The van der Waals surface area contributed by atoms with Crippen LogP contribution in [0.1, 0.15) is 16.8 Å². The maximum atomic E-state index is 13.1. The molecule has 0 bridgehead atoms. The zero-order valence-electron chi connectivity index (χ0n) is 11.6. The predicted octanol–water partition coefficient (Wildman–Crippen LogP) is 1.70. The fraction of sp³-hybridized carbons (Fsp3) is 0.462. The standard InChI is InChI=1S/C13H16BrFN2O3S/c1-21(19,20)17-6-2-5-16(7-8-17)13(18)11-4-3-10(15)9-12(11)14/h3-4,9H,2,5-8H2,1H3. The Morgan fingerprint density at radius 2 is 1.95 bits per heavy atom. The second-order valence-electron chi connectivity index (χ2n) is 4.93. The van der Waals surface area contributed by atoms with Gasteiger partial charge in [0.05, 0.1) is 11.8 Å². The van der Waals surface area contributed by atoms with E-state index in [1.807, 2.05) is 0 Å². The lowest BCUT2D eigenvalue weighted by Gasteiger charge is -2.21. The summed E-state index contributed by atoms with van der Waals surface area (Å²) in [5, 5.41) is 0. The molecule has 0 aliphatic carbocycles. The Kier molecular flexibility index (Phi) is 5.00. The molecule has 1 aliphatic heterocycles. The Hall–Kier alpha value is -0.990. The smallest absolute Gasteiger partial charge is 0.255 e. The third kappa shape index (κ3) is 4.02. The molecule has 1 saturated heterocycles. The van der Waals surface area contributed by atoms with Gasteiger partial charge in [-0.1, -0.05) is 0 Å². The number of hydrogen-bond donors (Lipinski definition) is 0. The molecule has 0 unspecified atom stereocenters. The van der Waals surface area contributed by atoms with Gasteiger partial charge in [-0.25, -0.2) is 17.1 Å². The van der Waals surface area contributed by atoms with Crippen molar-refractivity contribution in [1.82, 2.24) is 9.21 Å². The van der Waals surface area contributed by atoms with Crippen molar-refractivity contribution in [1.29, 1.82) is 0 Å². The fourth-order valence-electron chi connectivity index (χ4n) is 2.26. The molecule has 0 aromatic heterocycles. The molecule has 1 aromatic rings. The van der Waals surface area contributed by atoms with E-state index in [4.69, 9.17) is 0 Å². The average molecular weight is 379 g/mol. The van der Waals surface area contributed by atoms with Crippen molar-refractivity contribution in [2.75, 3.05) is 32.4 Å². The van der Waals surface area contributed by atoms with Crippen molar-refractivity contribution in [3.8, 4) is 0 Å². The number of benzene rings is 1.